The smallest absolute Gasteiger partial charge is 0.0828 e. The Balaban J connectivity index is 1.83. The van der Waals surface area contributed by atoms with Crippen LogP contribution in [0.3, 0.4) is 0 Å². The highest BCUT2D eigenvalue weighted by Crippen LogP contribution is 2.29. The third kappa shape index (κ3) is 4.66. The van der Waals surface area contributed by atoms with Crippen LogP contribution in [0.4, 0.5) is 0 Å². The number of hydrogen-bond donors (Lipinski definition) is 1. The van der Waals surface area contributed by atoms with Crippen LogP contribution in [-0.4, -0.2) is 32.5 Å². The van der Waals surface area contributed by atoms with E-state index in [9.17, 15) is 0 Å². The third-order valence-corrected chi connectivity index (χ3v) is 4.36. The standard InChI is InChI=1S/C13H15Cl2N3OS/c14-10-3-4-12(15)13(8-10)20-7-5-18-9-11(16-17-18)2-1-6-19/h3-4,8-9,19H,1-2,5-7H2. The summed E-state index contributed by atoms with van der Waals surface area (Å²) in [6, 6.07) is 5.44. The molecule has 20 heavy (non-hydrogen) atoms. The van der Waals surface area contributed by atoms with E-state index in [0.717, 1.165) is 29.3 Å². The Morgan fingerprint density at radius 1 is 1.30 bits per heavy atom. The van der Waals surface area contributed by atoms with E-state index in [1.807, 2.05) is 12.3 Å². The zero-order valence-corrected chi connectivity index (χ0v) is 13.1. The largest absolute Gasteiger partial charge is 0.396 e. The van der Waals surface area contributed by atoms with E-state index in [1.165, 1.54) is 0 Å². The summed E-state index contributed by atoms with van der Waals surface area (Å²) in [5, 5.41) is 18.3. The molecule has 0 spiro atoms. The topological polar surface area (TPSA) is 50.9 Å². The highest BCUT2D eigenvalue weighted by molar-refractivity contribution is 7.99. The lowest BCUT2D eigenvalue weighted by Gasteiger charge is -2.04. The molecule has 4 nitrogen and oxygen atoms in total. The van der Waals surface area contributed by atoms with Crippen molar-refractivity contribution in [3.05, 3.63) is 40.1 Å². The van der Waals surface area contributed by atoms with Crippen LogP contribution in [0.15, 0.2) is 29.3 Å². The van der Waals surface area contributed by atoms with E-state index >= 15 is 0 Å². The molecule has 0 radical (unpaired) electrons. The minimum absolute atomic E-state index is 0.177. The van der Waals surface area contributed by atoms with Gasteiger partial charge in [0.2, 0.25) is 0 Å². The zero-order valence-electron chi connectivity index (χ0n) is 10.8. The first kappa shape index (κ1) is 15.6. The van der Waals surface area contributed by atoms with Crippen LogP contribution in [0.1, 0.15) is 12.1 Å². The fourth-order valence-electron chi connectivity index (χ4n) is 1.66. The van der Waals surface area contributed by atoms with E-state index in [1.54, 1.807) is 28.6 Å². The van der Waals surface area contributed by atoms with E-state index in [2.05, 4.69) is 10.3 Å². The Labute approximate surface area is 132 Å². The summed E-state index contributed by atoms with van der Waals surface area (Å²) < 4.78 is 1.80. The van der Waals surface area contributed by atoms with Gasteiger partial charge in [-0.3, -0.25) is 4.68 Å². The number of thioether (sulfide) groups is 1. The first-order valence-electron chi connectivity index (χ1n) is 6.27. The van der Waals surface area contributed by atoms with Crippen molar-refractivity contribution in [2.24, 2.45) is 0 Å². The lowest BCUT2D eigenvalue weighted by Crippen LogP contribution is -2.01. The number of benzene rings is 1. The molecule has 0 atom stereocenters. The fourth-order valence-corrected chi connectivity index (χ4v) is 3.09. The van der Waals surface area contributed by atoms with Gasteiger partial charge in [0.25, 0.3) is 0 Å². The molecule has 7 heteroatoms. The lowest BCUT2D eigenvalue weighted by molar-refractivity contribution is 0.288. The number of aryl methyl sites for hydroxylation is 2. The number of aliphatic hydroxyl groups is 1. The normalized spacial score (nSPS) is 10.9. The second-order valence-electron chi connectivity index (χ2n) is 4.22. The van der Waals surface area contributed by atoms with Crippen molar-refractivity contribution in [1.82, 2.24) is 15.0 Å². The van der Waals surface area contributed by atoms with Gasteiger partial charge in [0, 0.05) is 28.5 Å². The van der Waals surface area contributed by atoms with E-state index < -0.39 is 0 Å². The second-order valence-corrected chi connectivity index (χ2v) is 6.20. The summed E-state index contributed by atoms with van der Waals surface area (Å²) in [4.78, 5) is 0.972. The van der Waals surface area contributed by atoms with Gasteiger partial charge in [-0.15, -0.1) is 16.9 Å². The van der Waals surface area contributed by atoms with Crippen LogP contribution in [0.25, 0.3) is 0 Å². The van der Waals surface area contributed by atoms with Gasteiger partial charge in [-0.1, -0.05) is 28.4 Å². The summed E-state index contributed by atoms with van der Waals surface area (Å²) in [5.41, 5.74) is 0.907. The molecular weight excluding hydrogens is 317 g/mol. The quantitative estimate of drug-likeness (QED) is 0.791. The molecule has 108 valence electrons. The molecule has 0 aliphatic carbocycles. The average molecular weight is 332 g/mol. The van der Waals surface area contributed by atoms with Crippen LogP contribution in [-0.2, 0) is 13.0 Å². The number of hydrogen-bond acceptors (Lipinski definition) is 4. The molecule has 0 aliphatic heterocycles. The molecule has 0 aliphatic rings. The van der Waals surface area contributed by atoms with Gasteiger partial charge in [0.1, 0.15) is 0 Å². The molecule has 2 aromatic rings. The van der Waals surface area contributed by atoms with E-state index in [0.29, 0.717) is 16.5 Å². The monoisotopic (exact) mass is 331 g/mol. The Hall–Kier alpha value is -0.750. The molecule has 1 heterocycles. The summed E-state index contributed by atoms with van der Waals surface area (Å²) in [5.74, 6) is 0.836. The number of nitrogens with zero attached hydrogens (tertiary/aromatic N) is 3. The average Bonchev–Trinajstić information content (AvgIpc) is 2.88. The van der Waals surface area contributed by atoms with Crippen molar-refractivity contribution in [3.63, 3.8) is 0 Å². The summed E-state index contributed by atoms with van der Waals surface area (Å²) in [6.07, 6.45) is 3.38. The molecule has 0 saturated carbocycles. The number of aromatic nitrogens is 3. The van der Waals surface area contributed by atoms with Crippen molar-refractivity contribution in [2.75, 3.05) is 12.4 Å². The molecule has 0 amide bonds. The maximum atomic E-state index is 8.77. The lowest BCUT2D eigenvalue weighted by atomic mass is 10.3. The predicted octanol–water partition coefficient (Wildman–Crippen LogP) is 3.30. The number of aliphatic hydroxyl groups excluding tert-OH is 1. The third-order valence-electron chi connectivity index (χ3n) is 2.65. The second kappa shape index (κ2) is 7.88. The first-order valence-corrected chi connectivity index (χ1v) is 8.01. The fraction of sp³-hybridized carbons (Fsp3) is 0.385. The van der Waals surface area contributed by atoms with Crippen molar-refractivity contribution in [3.8, 4) is 0 Å². The molecule has 1 aromatic carbocycles. The van der Waals surface area contributed by atoms with Gasteiger partial charge in [-0.2, -0.15) is 0 Å². The van der Waals surface area contributed by atoms with Gasteiger partial charge in [-0.05, 0) is 31.0 Å². The Kier molecular flexibility index (Phi) is 6.16. The van der Waals surface area contributed by atoms with Crippen molar-refractivity contribution >= 4 is 35.0 Å². The van der Waals surface area contributed by atoms with Crippen LogP contribution >= 0.6 is 35.0 Å². The summed E-state index contributed by atoms with van der Waals surface area (Å²) in [7, 11) is 0. The highest BCUT2D eigenvalue weighted by atomic mass is 35.5. The van der Waals surface area contributed by atoms with Gasteiger partial charge < -0.3 is 5.11 Å². The van der Waals surface area contributed by atoms with Crippen LogP contribution in [0.2, 0.25) is 10.0 Å². The minimum atomic E-state index is 0.177. The molecular formula is C13H15Cl2N3OS. The van der Waals surface area contributed by atoms with Gasteiger partial charge in [0.05, 0.1) is 17.3 Å². The minimum Gasteiger partial charge on any atom is -0.396 e. The maximum absolute atomic E-state index is 8.77. The van der Waals surface area contributed by atoms with Crippen LogP contribution < -0.4 is 0 Å². The summed E-state index contributed by atoms with van der Waals surface area (Å²) in [6.45, 7) is 0.926. The first-order chi connectivity index (χ1) is 9.69. The van der Waals surface area contributed by atoms with Crippen LogP contribution in [0, 0.1) is 0 Å². The molecule has 0 bridgehead atoms. The van der Waals surface area contributed by atoms with Gasteiger partial charge in [0.15, 0.2) is 0 Å². The molecule has 0 saturated heterocycles. The Morgan fingerprint density at radius 3 is 2.95 bits per heavy atom. The number of halogens is 2. The zero-order chi connectivity index (χ0) is 14.4. The van der Waals surface area contributed by atoms with E-state index in [-0.39, 0.29) is 6.61 Å². The van der Waals surface area contributed by atoms with Crippen LogP contribution in [0.5, 0.6) is 0 Å². The summed E-state index contributed by atoms with van der Waals surface area (Å²) >= 11 is 13.7. The van der Waals surface area contributed by atoms with Gasteiger partial charge in [-0.25, -0.2) is 0 Å². The van der Waals surface area contributed by atoms with Crippen molar-refractivity contribution in [2.45, 2.75) is 24.3 Å². The SMILES string of the molecule is OCCCc1cn(CCSc2cc(Cl)ccc2Cl)nn1. The Bertz CT molecular complexity index is 562. The van der Waals surface area contributed by atoms with Crippen molar-refractivity contribution in [1.29, 1.82) is 0 Å². The van der Waals surface area contributed by atoms with Gasteiger partial charge >= 0.3 is 0 Å². The molecule has 1 N–H and O–H groups in total. The maximum Gasteiger partial charge on any atom is 0.0828 e. The number of rotatable bonds is 7. The predicted molar refractivity (Wildman–Crippen MR) is 82.6 cm³/mol. The molecule has 1 aromatic heterocycles. The highest BCUT2D eigenvalue weighted by Gasteiger charge is 2.04. The van der Waals surface area contributed by atoms with Crippen molar-refractivity contribution < 1.29 is 5.11 Å². The Morgan fingerprint density at radius 2 is 2.15 bits per heavy atom. The molecule has 2 rings (SSSR count). The molecule has 0 fully saturated rings. The van der Waals surface area contributed by atoms with E-state index in [4.69, 9.17) is 28.3 Å². The molecule has 0 unspecified atom stereocenters.